The van der Waals surface area contributed by atoms with Gasteiger partial charge in [0.2, 0.25) is 5.84 Å². The Hall–Kier alpha value is -1.91. The fraction of sp³-hybridized carbons (Fsp3) is 0.417. The minimum Gasteiger partial charge on any atom is -0.475 e. The molecule has 2 rings (SSSR count). The van der Waals surface area contributed by atoms with Crippen molar-refractivity contribution in [2.45, 2.75) is 12.8 Å². The number of nitrogens with zero attached hydrogens (tertiary/aromatic N) is 3. The van der Waals surface area contributed by atoms with E-state index in [1.54, 1.807) is 0 Å². The van der Waals surface area contributed by atoms with Crippen molar-refractivity contribution < 1.29 is 9.90 Å². The van der Waals surface area contributed by atoms with Crippen LogP contribution in [0.5, 0.6) is 0 Å². The third kappa shape index (κ3) is 2.61. The quantitative estimate of drug-likeness (QED) is 0.577. The number of aliphatic imine (C=N–C) groups is 2. The Morgan fingerprint density at radius 2 is 2.35 bits per heavy atom. The summed E-state index contributed by atoms with van der Waals surface area (Å²) in [6.07, 6.45) is 6.21. The average Bonchev–Trinajstić information content (AvgIpc) is 3.03. The summed E-state index contributed by atoms with van der Waals surface area (Å²) < 4.78 is 0. The summed E-state index contributed by atoms with van der Waals surface area (Å²) >= 11 is 0. The topological polar surface area (TPSA) is 65.3 Å². The van der Waals surface area contributed by atoms with Gasteiger partial charge in [-0.1, -0.05) is 6.58 Å². The highest BCUT2D eigenvalue weighted by Gasteiger charge is 2.28. The second-order valence-electron chi connectivity index (χ2n) is 4.22. The SMILES string of the molecule is C=C1C=CN(CC2CC2)C1=NC(=NC)C(=O)O. The molecule has 0 saturated heterocycles. The predicted octanol–water partition coefficient (Wildman–Crippen LogP) is 1.29. The van der Waals surface area contributed by atoms with Crippen molar-refractivity contribution in [2.75, 3.05) is 13.6 Å². The maximum Gasteiger partial charge on any atom is 0.373 e. The summed E-state index contributed by atoms with van der Waals surface area (Å²) in [5.41, 5.74) is 0.730. The molecule has 5 nitrogen and oxygen atoms in total. The van der Waals surface area contributed by atoms with Gasteiger partial charge in [0, 0.05) is 25.4 Å². The molecule has 0 aromatic heterocycles. The molecule has 17 heavy (non-hydrogen) atoms. The molecule has 0 bridgehead atoms. The van der Waals surface area contributed by atoms with Crippen LogP contribution in [0.2, 0.25) is 0 Å². The molecule has 5 heteroatoms. The molecule has 0 radical (unpaired) electrons. The summed E-state index contributed by atoms with van der Waals surface area (Å²) in [7, 11) is 1.42. The van der Waals surface area contributed by atoms with Crippen LogP contribution in [0, 0.1) is 5.92 Å². The standard InChI is InChI=1S/C12H15N3O2/c1-8-5-6-15(7-9-3-4-9)11(8)14-10(13-2)12(16)17/h5-6,9H,1,3-4,7H2,2H3,(H,16,17). The number of rotatable bonds is 2. The number of carboxylic acid groups (broad SMARTS) is 1. The molecule has 2 aliphatic rings. The van der Waals surface area contributed by atoms with E-state index in [2.05, 4.69) is 16.6 Å². The van der Waals surface area contributed by atoms with E-state index in [-0.39, 0.29) is 5.84 Å². The van der Waals surface area contributed by atoms with Gasteiger partial charge in [-0.05, 0) is 24.8 Å². The molecule has 0 unspecified atom stereocenters. The van der Waals surface area contributed by atoms with Crippen LogP contribution in [0.15, 0.2) is 34.4 Å². The van der Waals surface area contributed by atoms with Crippen LogP contribution in [0.25, 0.3) is 0 Å². The molecule has 0 aromatic rings. The first kappa shape index (κ1) is 11.6. The van der Waals surface area contributed by atoms with Crippen LogP contribution in [0.4, 0.5) is 0 Å². The van der Waals surface area contributed by atoms with Crippen LogP contribution >= 0.6 is 0 Å². The summed E-state index contributed by atoms with van der Waals surface area (Å²) in [4.78, 5) is 20.5. The van der Waals surface area contributed by atoms with Crippen molar-refractivity contribution in [2.24, 2.45) is 15.9 Å². The van der Waals surface area contributed by atoms with E-state index in [0.717, 1.165) is 12.1 Å². The van der Waals surface area contributed by atoms with Crippen LogP contribution in [-0.4, -0.2) is 41.2 Å². The fourth-order valence-electron chi connectivity index (χ4n) is 1.67. The van der Waals surface area contributed by atoms with Crippen LogP contribution in [-0.2, 0) is 4.79 Å². The van der Waals surface area contributed by atoms with Gasteiger partial charge in [0.25, 0.3) is 0 Å². The Kier molecular flexibility index (Phi) is 3.08. The van der Waals surface area contributed by atoms with E-state index >= 15 is 0 Å². The zero-order valence-corrected chi connectivity index (χ0v) is 9.76. The molecule has 1 N–H and O–H groups in total. The molecule has 0 amide bonds. The summed E-state index contributed by atoms with van der Waals surface area (Å²) in [6, 6.07) is 0. The van der Waals surface area contributed by atoms with Gasteiger partial charge < -0.3 is 10.0 Å². The van der Waals surface area contributed by atoms with Gasteiger partial charge in [0.05, 0.1) is 0 Å². The lowest BCUT2D eigenvalue weighted by molar-refractivity contribution is -0.129. The van der Waals surface area contributed by atoms with Crippen LogP contribution in [0.1, 0.15) is 12.8 Å². The van der Waals surface area contributed by atoms with E-state index in [1.165, 1.54) is 19.9 Å². The van der Waals surface area contributed by atoms with E-state index < -0.39 is 5.97 Å². The molecule has 1 aliphatic carbocycles. The van der Waals surface area contributed by atoms with Crippen molar-refractivity contribution in [3.8, 4) is 0 Å². The van der Waals surface area contributed by atoms with Crippen LogP contribution < -0.4 is 0 Å². The van der Waals surface area contributed by atoms with Crippen molar-refractivity contribution >= 4 is 17.6 Å². The number of aliphatic carboxylic acids is 1. The highest BCUT2D eigenvalue weighted by molar-refractivity contribution is 6.37. The molecule has 90 valence electrons. The number of hydrogen-bond acceptors (Lipinski definition) is 2. The second kappa shape index (κ2) is 4.53. The molecule has 0 aromatic carbocycles. The van der Waals surface area contributed by atoms with Gasteiger partial charge in [-0.3, -0.25) is 4.99 Å². The third-order valence-corrected chi connectivity index (χ3v) is 2.78. The van der Waals surface area contributed by atoms with Gasteiger partial charge >= 0.3 is 5.97 Å². The lowest BCUT2D eigenvalue weighted by atomic mass is 10.3. The molecule has 0 atom stereocenters. The molecule has 1 saturated carbocycles. The Labute approximate surface area is 99.9 Å². The first-order valence-electron chi connectivity index (χ1n) is 5.54. The molecular weight excluding hydrogens is 218 g/mol. The van der Waals surface area contributed by atoms with Crippen molar-refractivity contribution in [1.82, 2.24) is 4.90 Å². The van der Waals surface area contributed by atoms with Gasteiger partial charge in [0.15, 0.2) is 0 Å². The molecule has 1 aliphatic heterocycles. The maximum atomic E-state index is 10.9. The average molecular weight is 233 g/mol. The third-order valence-electron chi connectivity index (χ3n) is 2.78. The minimum atomic E-state index is -1.12. The van der Waals surface area contributed by atoms with Gasteiger partial charge in [-0.2, -0.15) is 0 Å². The molecule has 0 spiro atoms. The zero-order valence-electron chi connectivity index (χ0n) is 9.76. The smallest absolute Gasteiger partial charge is 0.373 e. The van der Waals surface area contributed by atoms with E-state index in [0.29, 0.717) is 11.8 Å². The van der Waals surface area contributed by atoms with Gasteiger partial charge in [-0.15, -0.1) is 0 Å². The first-order chi connectivity index (χ1) is 8.11. The Morgan fingerprint density at radius 3 is 2.88 bits per heavy atom. The maximum absolute atomic E-state index is 10.9. The first-order valence-corrected chi connectivity index (χ1v) is 5.54. The largest absolute Gasteiger partial charge is 0.475 e. The van der Waals surface area contributed by atoms with Gasteiger partial charge in [0.1, 0.15) is 5.84 Å². The Morgan fingerprint density at radius 1 is 1.65 bits per heavy atom. The lowest BCUT2D eigenvalue weighted by Gasteiger charge is -2.16. The summed E-state index contributed by atoms with van der Waals surface area (Å²) in [5, 5.41) is 8.89. The van der Waals surface area contributed by atoms with Crippen molar-refractivity contribution in [1.29, 1.82) is 0 Å². The lowest BCUT2D eigenvalue weighted by Crippen LogP contribution is -2.27. The number of amidine groups is 2. The second-order valence-corrected chi connectivity index (χ2v) is 4.22. The minimum absolute atomic E-state index is 0.189. The number of carboxylic acids is 1. The zero-order chi connectivity index (χ0) is 12.4. The normalized spacial score (nSPS) is 22.6. The van der Waals surface area contributed by atoms with Gasteiger partial charge in [-0.25, -0.2) is 9.79 Å². The van der Waals surface area contributed by atoms with E-state index in [9.17, 15) is 4.79 Å². The highest BCUT2D eigenvalue weighted by atomic mass is 16.4. The summed E-state index contributed by atoms with van der Waals surface area (Å²) in [5.74, 6) is -0.0146. The fourth-order valence-corrected chi connectivity index (χ4v) is 1.67. The molecule has 1 fully saturated rings. The molecule has 1 heterocycles. The predicted molar refractivity (Wildman–Crippen MR) is 66.1 cm³/mol. The monoisotopic (exact) mass is 233 g/mol. The summed E-state index contributed by atoms with van der Waals surface area (Å²) in [6.45, 7) is 4.73. The highest BCUT2D eigenvalue weighted by Crippen LogP contribution is 2.31. The van der Waals surface area contributed by atoms with E-state index in [4.69, 9.17) is 5.11 Å². The van der Waals surface area contributed by atoms with Crippen LogP contribution in [0.3, 0.4) is 0 Å². The Balaban J connectivity index is 2.18. The number of carbonyl (C=O) groups is 1. The Bertz CT molecular complexity index is 445. The van der Waals surface area contributed by atoms with Crippen molar-refractivity contribution in [3.63, 3.8) is 0 Å². The molecular formula is C12H15N3O2. The van der Waals surface area contributed by atoms with Crippen molar-refractivity contribution in [3.05, 3.63) is 24.4 Å². The van der Waals surface area contributed by atoms with E-state index in [1.807, 2.05) is 17.2 Å². The number of hydrogen-bond donors (Lipinski definition) is 1.